The molecule has 0 atom stereocenters. The smallest absolute Gasteiger partial charge is 0.277 e. The van der Waals surface area contributed by atoms with Crippen molar-refractivity contribution >= 4 is 21.9 Å². The van der Waals surface area contributed by atoms with E-state index in [-0.39, 0.29) is 23.5 Å². The van der Waals surface area contributed by atoms with Crippen molar-refractivity contribution in [1.29, 1.82) is 0 Å². The van der Waals surface area contributed by atoms with Gasteiger partial charge in [0.2, 0.25) is 16.0 Å². The van der Waals surface area contributed by atoms with E-state index >= 15 is 0 Å². The summed E-state index contributed by atoms with van der Waals surface area (Å²) in [4.78, 5) is 26.8. The van der Waals surface area contributed by atoms with Gasteiger partial charge in [0.05, 0.1) is 10.5 Å². The Balaban J connectivity index is 1.25. The molecule has 2 N–H and O–H groups in total. The van der Waals surface area contributed by atoms with Gasteiger partial charge < -0.3 is 9.80 Å². The monoisotopic (exact) mass is 551 g/mol. The van der Waals surface area contributed by atoms with Gasteiger partial charge in [-0.3, -0.25) is 14.9 Å². The van der Waals surface area contributed by atoms with E-state index in [2.05, 4.69) is 38.9 Å². The second kappa shape index (κ2) is 11.8. The number of nitrogens with one attached hydrogen (secondary N) is 1. The molecule has 206 valence electrons. The number of benzene rings is 2. The molecule has 0 saturated carbocycles. The molecule has 1 amide bonds. The number of amides is 1. The van der Waals surface area contributed by atoms with E-state index in [4.69, 9.17) is 5.21 Å². The molecule has 2 saturated heterocycles. The molecule has 0 unspecified atom stereocenters. The third-order valence-corrected chi connectivity index (χ3v) is 9.15. The molecule has 2 aliphatic rings. The van der Waals surface area contributed by atoms with Gasteiger partial charge in [0.25, 0.3) is 5.91 Å². The standard InChI is InChI=1S/C27H33N7O4S/c1-31-8-10-32(11-9-31)20-21-4-2-5-22(16-21)23-6-3-7-25(17-23)39(37,38)34-14-12-33(13-15-34)27-28-18-24(19-29-27)26(35)30-36/h2-7,16-19,36H,8-15,20H2,1H3,(H,30,35). The summed E-state index contributed by atoms with van der Waals surface area (Å²) in [6, 6.07) is 15.5. The molecule has 5 rings (SSSR count). The normalized spacial score (nSPS) is 17.7. The number of carbonyl (C=O) groups is 1. The van der Waals surface area contributed by atoms with Crippen LogP contribution in [0.25, 0.3) is 11.1 Å². The Bertz CT molecular complexity index is 1400. The highest BCUT2D eigenvalue weighted by Gasteiger charge is 2.29. The van der Waals surface area contributed by atoms with Crippen LogP contribution >= 0.6 is 0 Å². The molecule has 3 aromatic rings. The summed E-state index contributed by atoms with van der Waals surface area (Å²) in [5, 5.41) is 8.74. The van der Waals surface area contributed by atoms with Crippen molar-refractivity contribution < 1.29 is 18.4 Å². The first kappa shape index (κ1) is 27.2. The number of carbonyl (C=O) groups excluding carboxylic acids is 1. The van der Waals surface area contributed by atoms with Gasteiger partial charge in [-0.15, -0.1) is 0 Å². The van der Waals surface area contributed by atoms with Crippen molar-refractivity contribution in [2.75, 3.05) is 64.3 Å². The second-order valence-corrected chi connectivity index (χ2v) is 11.8. The minimum absolute atomic E-state index is 0.132. The van der Waals surface area contributed by atoms with Crippen molar-refractivity contribution in [2.45, 2.75) is 11.4 Å². The lowest BCUT2D eigenvalue weighted by Crippen LogP contribution is -2.49. The fourth-order valence-corrected chi connectivity index (χ4v) is 6.36. The highest BCUT2D eigenvalue weighted by Crippen LogP contribution is 2.26. The van der Waals surface area contributed by atoms with Gasteiger partial charge in [-0.05, 0) is 41.9 Å². The Hall–Kier alpha value is -3.42. The summed E-state index contributed by atoms with van der Waals surface area (Å²) in [7, 11) is -1.54. The van der Waals surface area contributed by atoms with Gasteiger partial charge in [0.1, 0.15) is 0 Å². The highest BCUT2D eigenvalue weighted by atomic mass is 32.2. The number of hydrogen-bond acceptors (Lipinski definition) is 9. The van der Waals surface area contributed by atoms with E-state index < -0.39 is 15.9 Å². The number of piperazine rings is 2. The van der Waals surface area contributed by atoms with Gasteiger partial charge in [-0.1, -0.05) is 30.3 Å². The van der Waals surface area contributed by atoms with Gasteiger partial charge in [-0.2, -0.15) is 4.31 Å². The zero-order chi connectivity index (χ0) is 27.4. The SMILES string of the molecule is CN1CCN(Cc2cccc(-c3cccc(S(=O)(=O)N4CCN(c5ncc(C(=O)NO)cn5)CC4)c3)c2)CC1. The Kier molecular flexibility index (Phi) is 8.19. The average molecular weight is 552 g/mol. The molecule has 3 heterocycles. The molecule has 2 fully saturated rings. The second-order valence-electron chi connectivity index (χ2n) is 9.91. The van der Waals surface area contributed by atoms with Gasteiger partial charge in [-0.25, -0.2) is 23.9 Å². The van der Waals surface area contributed by atoms with Gasteiger partial charge in [0, 0.05) is 71.3 Å². The summed E-state index contributed by atoms with van der Waals surface area (Å²) in [5.74, 6) is -0.290. The van der Waals surface area contributed by atoms with E-state index in [1.165, 1.54) is 22.3 Å². The van der Waals surface area contributed by atoms with Crippen LogP contribution in [0.3, 0.4) is 0 Å². The molecule has 2 aliphatic heterocycles. The van der Waals surface area contributed by atoms with Crippen LogP contribution in [0.1, 0.15) is 15.9 Å². The highest BCUT2D eigenvalue weighted by molar-refractivity contribution is 7.89. The third-order valence-electron chi connectivity index (χ3n) is 7.26. The van der Waals surface area contributed by atoms with Crippen LogP contribution in [-0.4, -0.2) is 103 Å². The molecule has 1 aromatic heterocycles. The Morgan fingerprint density at radius 1 is 0.897 bits per heavy atom. The summed E-state index contributed by atoms with van der Waals surface area (Å²) in [6.07, 6.45) is 2.64. The number of nitrogens with zero attached hydrogens (tertiary/aromatic N) is 6. The molecule has 0 radical (unpaired) electrons. The van der Waals surface area contributed by atoms with E-state index in [0.29, 0.717) is 19.0 Å². The summed E-state index contributed by atoms with van der Waals surface area (Å²) in [5.41, 5.74) is 4.76. The summed E-state index contributed by atoms with van der Waals surface area (Å²) < 4.78 is 28.5. The van der Waals surface area contributed by atoms with E-state index in [9.17, 15) is 13.2 Å². The predicted octanol–water partition coefficient (Wildman–Crippen LogP) is 1.52. The van der Waals surface area contributed by atoms with E-state index in [1.54, 1.807) is 23.7 Å². The Labute approximate surface area is 228 Å². The molecule has 0 spiro atoms. The maximum absolute atomic E-state index is 13.5. The lowest BCUT2D eigenvalue weighted by molar-refractivity contribution is 0.0705. The van der Waals surface area contributed by atoms with Gasteiger partial charge >= 0.3 is 0 Å². The minimum Gasteiger partial charge on any atom is -0.338 e. The van der Waals surface area contributed by atoms with Crippen LogP contribution in [-0.2, 0) is 16.6 Å². The molecule has 2 aromatic carbocycles. The molecular formula is C27H33N7O4S. The lowest BCUT2D eigenvalue weighted by Gasteiger charge is -2.34. The first-order chi connectivity index (χ1) is 18.8. The Morgan fingerprint density at radius 2 is 1.54 bits per heavy atom. The lowest BCUT2D eigenvalue weighted by atomic mass is 10.0. The topological polar surface area (TPSA) is 122 Å². The first-order valence-corrected chi connectivity index (χ1v) is 14.4. The quantitative estimate of drug-likeness (QED) is 0.332. The van der Waals surface area contributed by atoms with Crippen LogP contribution in [0.2, 0.25) is 0 Å². The zero-order valence-electron chi connectivity index (χ0n) is 21.9. The number of sulfonamides is 1. The number of aromatic nitrogens is 2. The van der Waals surface area contributed by atoms with Gasteiger partial charge in [0.15, 0.2) is 0 Å². The molecule has 39 heavy (non-hydrogen) atoms. The fourth-order valence-electron chi connectivity index (χ4n) is 4.89. The molecule has 11 nitrogen and oxygen atoms in total. The molecule has 12 heteroatoms. The first-order valence-electron chi connectivity index (χ1n) is 13.0. The maximum atomic E-state index is 13.5. The number of rotatable bonds is 7. The van der Waals surface area contributed by atoms with Crippen LogP contribution in [0.4, 0.5) is 5.95 Å². The van der Waals surface area contributed by atoms with Crippen molar-refractivity contribution in [3.8, 4) is 11.1 Å². The van der Waals surface area contributed by atoms with Crippen molar-refractivity contribution in [2.24, 2.45) is 0 Å². The molecule has 0 aliphatic carbocycles. The maximum Gasteiger partial charge on any atom is 0.277 e. The van der Waals surface area contributed by atoms with Crippen molar-refractivity contribution in [3.63, 3.8) is 0 Å². The number of anilines is 1. The average Bonchev–Trinajstić information content (AvgIpc) is 2.98. The van der Waals surface area contributed by atoms with Crippen LogP contribution in [0.15, 0.2) is 65.8 Å². The van der Waals surface area contributed by atoms with Crippen molar-refractivity contribution in [3.05, 3.63) is 72.1 Å². The zero-order valence-corrected chi connectivity index (χ0v) is 22.7. The predicted molar refractivity (Wildman–Crippen MR) is 147 cm³/mol. The molecular weight excluding hydrogens is 518 g/mol. The van der Waals surface area contributed by atoms with E-state index in [0.717, 1.165) is 43.9 Å². The van der Waals surface area contributed by atoms with Crippen LogP contribution in [0, 0.1) is 0 Å². The summed E-state index contributed by atoms with van der Waals surface area (Å²) >= 11 is 0. The van der Waals surface area contributed by atoms with Crippen molar-refractivity contribution in [1.82, 2.24) is 29.6 Å². The Morgan fingerprint density at radius 3 is 2.21 bits per heavy atom. The number of hydroxylamine groups is 1. The minimum atomic E-state index is -3.69. The van der Waals surface area contributed by atoms with Crippen LogP contribution < -0.4 is 10.4 Å². The largest absolute Gasteiger partial charge is 0.338 e. The summed E-state index contributed by atoms with van der Waals surface area (Å²) in [6.45, 7) is 6.50. The third kappa shape index (κ3) is 6.26. The fraction of sp³-hybridized carbons (Fsp3) is 0.370. The molecule has 0 bridgehead atoms. The number of likely N-dealkylation sites (N-methyl/N-ethyl adjacent to an activating group) is 1. The number of hydrogen-bond donors (Lipinski definition) is 2. The van der Waals surface area contributed by atoms with E-state index in [1.807, 2.05) is 23.1 Å². The van der Waals surface area contributed by atoms with Crippen LogP contribution in [0.5, 0.6) is 0 Å².